The van der Waals surface area contributed by atoms with Gasteiger partial charge in [-0.1, -0.05) is 36.4 Å². The summed E-state index contributed by atoms with van der Waals surface area (Å²) in [6, 6.07) is 13.4. The lowest BCUT2D eigenvalue weighted by Gasteiger charge is -2.19. The van der Waals surface area contributed by atoms with E-state index in [2.05, 4.69) is 0 Å². The first-order valence-corrected chi connectivity index (χ1v) is 10.8. The van der Waals surface area contributed by atoms with Gasteiger partial charge in [0.05, 0.1) is 17.6 Å². The number of carbonyl (C=O) groups excluding carboxylic acids is 1. The maximum Gasteiger partial charge on any atom is 0.248 e. The third-order valence-corrected chi connectivity index (χ3v) is 7.53. The average molecular weight is 380 g/mol. The molecular formula is C18H21NO4S2. The van der Waals surface area contributed by atoms with E-state index in [-0.39, 0.29) is 24.8 Å². The highest BCUT2D eigenvalue weighted by molar-refractivity contribution is 7.91. The van der Waals surface area contributed by atoms with Gasteiger partial charge in [-0.25, -0.2) is 8.42 Å². The molecule has 2 heterocycles. The van der Waals surface area contributed by atoms with Crippen LogP contribution in [0.1, 0.15) is 22.1 Å². The predicted octanol–water partition coefficient (Wildman–Crippen LogP) is 2.65. The molecule has 0 N–H and O–H groups in total. The van der Waals surface area contributed by atoms with Crippen molar-refractivity contribution in [3.05, 3.63) is 58.3 Å². The van der Waals surface area contributed by atoms with Gasteiger partial charge in [0, 0.05) is 18.0 Å². The van der Waals surface area contributed by atoms with Gasteiger partial charge in [0.25, 0.3) is 0 Å². The Labute approximate surface area is 152 Å². The summed E-state index contributed by atoms with van der Waals surface area (Å²) in [6.07, 6.45) is 0.438. The third kappa shape index (κ3) is 4.68. The first kappa shape index (κ1) is 18.1. The molecule has 134 valence electrons. The number of amides is 1. The van der Waals surface area contributed by atoms with Crippen molar-refractivity contribution < 1.29 is 17.9 Å². The molecule has 5 nitrogen and oxygen atoms in total. The number of hydrogen-bond donors (Lipinski definition) is 0. The summed E-state index contributed by atoms with van der Waals surface area (Å²) in [4.78, 5) is 14.8. The molecule has 1 aromatic heterocycles. The fraction of sp³-hybridized carbons (Fsp3) is 0.389. The number of benzene rings is 1. The molecule has 0 bridgehead atoms. The molecule has 0 aliphatic carbocycles. The van der Waals surface area contributed by atoms with E-state index in [1.54, 1.807) is 4.90 Å². The highest BCUT2D eigenvalue weighted by Gasteiger charge is 2.33. The van der Waals surface area contributed by atoms with Crippen molar-refractivity contribution in [2.24, 2.45) is 0 Å². The van der Waals surface area contributed by atoms with E-state index in [0.717, 1.165) is 10.4 Å². The topological polar surface area (TPSA) is 63.7 Å². The second-order valence-corrected chi connectivity index (χ2v) is 9.30. The van der Waals surface area contributed by atoms with Gasteiger partial charge in [0.2, 0.25) is 5.91 Å². The van der Waals surface area contributed by atoms with Crippen LogP contribution in [0.25, 0.3) is 0 Å². The summed E-state index contributed by atoms with van der Waals surface area (Å²) in [5.41, 5.74) is 1.01. The predicted molar refractivity (Wildman–Crippen MR) is 98.1 cm³/mol. The van der Waals surface area contributed by atoms with Crippen molar-refractivity contribution in [1.82, 2.24) is 4.90 Å². The van der Waals surface area contributed by atoms with Crippen LogP contribution in [0.4, 0.5) is 0 Å². The molecule has 1 aliphatic rings. The minimum atomic E-state index is -3.24. The molecule has 1 saturated heterocycles. The van der Waals surface area contributed by atoms with Crippen molar-refractivity contribution in [2.45, 2.75) is 18.3 Å². The maximum absolute atomic E-state index is 12.5. The molecule has 0 saturated carbocycles. The Balaban J connectivity index is 1.56. The van der Waals surface area contributed by atoms with E-state index >= 15 is 0 Å². The lowest BCUT2D eigenvalue weighted by Crippen LogP contribution is -2.36. The normalized spacial score (nSPS) is 20.2. The monoisotopic (exact) mass is 379 g/mol. The number of rotatable bonds is 5. The SMILES string of the molecule is O=C(COCc1ccccc1)N1CC[C@H](c2cccs2)S(=O)(=O)CC1. The molecule has 1 fully saturated rings. The summed E-state index contributed by atoms with van der Waals surface area (Å²) < 4.78 is 30.5. The maximum atomic E-state index is 12.5. The van der Waals surface area contributed by atoms with E-state index in [1.807, 2.05) is 47.8 Å². The third-order valence-electron chi connectivity index (χ3n) is 4.29. The minimum absolute atomic E-state index is 0.00000800. The van der Waals surface area contributed by atoms with Crippen LogP contribution < -0.4 is 0 Å². The molecule has 1 atom stereocenters. The molecule has 3 rings (SSSR count). The van der Waals surface area contributed by atoms with Gasteiger partial charge in [0.15, 0.2) is 9.84 Å². The van der Waals surface area contributed by atoms with Crippen molar-refractivity contribution in [3.63, 3.8) is 0 Å². The van der Waals surface area contributed by atoms with Gasteiger partial charge >= 0.3 is 0 Å². The van der Waals surface area contributed by atoms with Gasteiger partial charge in [0.1, 0.15) is 6.61 Å². The highest BCUT2D eigenvalue weighted by Crippen LogP contribution is 2.32. The van der Waals surface area contributed by atoms with Crippen molar-refractivity contribution in [2.75, 3.05) is 25.4 Å². The van der Waals surface area contributed by atoms with Crippen molar-refractivity contribution >= 4 is 27.1 Å². The van der Waals surface area contributed by atoms with Crippen LogP contribution in [0, 0.1) is 0 Å². The molecule has 0 unspecified atom stereocenters. The largest absolute Gasteiger partial charge is 0.367 e. The summed E-state index contributed by atoms with van der Waals surface area (Å²) in [5, 5.41) is 1.38. The van der Waals surface area contributed by atoms with Crippen LogP contribution in [-0.2, 0) is 26.0 Å². The van der Waals surface area contributed by atoms with Gasteiger partial charge in [-0.2, -0.15) is 0 Å². The number of nitrogens with zero attached hydrogens (tertiary/aromatic N) is 1. The first-order valence-electron chi connectivity index (χ1n) is 8.21. The molecule has 1 amide bonds. The Hall–Kier alpha value is -1.70. The summed E-state index contributed by atoms with van der Waals surface area (Å²) in [7, 11) is -3.24. The number of carbonyl (C=O) groups is 1. The van der Waals surface area contributed by atoms with E-state index in [0.29, 0.717) is 19.6 Å². The van der Waals surface area contributed by atoms with Crippen LogP contribution in [0.2, 0.25) is 0 Å². The van der Waals surface area contributed by atoms with Gasteiger partial charge in [-0.05, 0) is 23.4 Å². The average Bonchev–Trinajstić information content (AvgIpc) is 3.07. The van der Waals surface area contributed by atoms with E-state index in [9.17, 15) is 13.2 Å². The minimum Gasteiger partial charge on any atom is -0.367 e. The van der Waals surface area contributed by atoms with E-state index in [4.69, 9.17) is 4.74 Å². The zero-order valence-electron chi connectivity index (χ0n) is 13.8. The molecule has 2 aromatic rings. The van der Waals surface area contributed by atoms with Gasteiger partial charge in [-0.3, -0.25) is 4.79 Å². The molecule has 1 aromatic carbocycles. The molecule has 1 aliphatic heterocycles. The second-order valence-electron chi connectivity index (χ2n) is 6.02. The van der Waals surface area contributed by atoms with Crippen molar-refractivity contribution in [3.8, 4) is 0 Å². The smallest absolute Gasteiger partial charge is 0.248 e. The van der Waals surface area contributed by atoms with E-state index < -0.39 is 15.1 Å². The zero-order chi connectivity index (χ0) is 17.7. The quantitative estimate of drug-likeness (QED) is 0.801. The van der Waals surface area contributed by atoms with Gasteiger partial charge in [-0.15, -0.1) is 11.3 Å². The molecule has 0 radical (unpaired) electrons. The fourth-order valence-corrected chi connectivity index (χ4v) is 5.91. The van der Waals surface area contributed by atoms with E-state index in [1.165, 1.54) is 11.3 Å². The molecule has 7 heteroatoms. The van der Waals surface area contributed by atoms with Crippen LogP contribution >= 0.6 is 11.3 Å². The van der Waals surface area contributed by atoms with Crippen LogP contribution in [-0.4, -0.2) is 44.7 Å². The lowest BCUT2D eigenvalue weighted by atomic mass is 10.2. The Kier molecular flexibility index (Phi) is 5.88. The van der Waals surface area contributed by atoms with Crippen LogP contribution in [0.3, 0.4) is 0 Å². The fourth-order valence-electron chi connectivity index (χ4n) is 2.91. The standard InChI is InChI=1S/C18H21NO4S2/c20-18(14-23-13-15-5-2-1-3-6-15)19-9-8-17(16-7-4-11-24-16)25(21,22)12-10-19/h1-7,11,17H,8-10,12-14H2/t17-/m1/s1. The molecule has 25 heavy (non-hydrogen) atoms. The molecular weight excluding hydrogens is 358 g/mol. The first-order chi connectivity index (χ1) is 12.1. The zero-order valence-corrected chi connectivity index (χ0v) is 15.5. The number of ether oxygens (including phenoxy) is 1. The summed E-state index contributed by atoms with van der Waals surface area (Å²) in [6.45, 7) is 1.02. The highest BCUT2D eigenvalue weighted by atomic mass is 32.2. The number of sulfone groups is 1. The van der Waals surface area contributed by atoms with Crippen LogP contribution in [0.15, 0.2) is 47.8 Å². The Bertz CT molecular complexity index is 788. The summed E-state index contributed by atoms with van der Waals surface area (Å²) in [5.74, 6) is -0.155. The summed E-state index contributed by atoms with van der Waals surface area (Å²) >= 11 is 1.45. The number of hydrogen-bond acceptors (Lipinski definition) is 5. The number of thiophene rings is 1. The lowest BCUT2D eigenvalue weighted by molar-refractivity contribution is -0.136. The van der Waals surface area contributed by atoms with Crippen LogP contribution in [0.5, 0.6) is 0 Å². The van der Waals surface area contributed by atoms with Gasteiger partial charge < -0.3 is 9.64 Å². The Morgan fingerprint density at radius 2 is 1.96 bits per heavy atom. The Morgan fingerprint density at radius 3 is 2.68 bits per heavy atom. The molecule has 0 spiro atoms. The van der Waals surface area contributed by atoms with Crippen molar-refractivity contribution in [1.29, 1.82) is 0 Å². The second kappa shape index (κ2) is 8.12. The Morgan fingerprint density at radius 1 is 1.16 bits per heavy atom.